The van der Waals surface area contributed by atoms with E-state index in [1.54, 1.807) is 6.07 Å². The fraction of sp³-hybridized carbons (Fsp3) is 0.476. The Bertz CT molecular complexity index is 726. The molecule has 0 bridgehead atoms. The number of piperazine rings is 1. The molecule has 0 spiro atoms. The van der Waals surface area contributed by atoms with Crippen LogP contribution in [0.15, 0.2) is 42.5 Å². The van der Waals surface area contributed by atoms with Crippen molar-refractivity contribution in [1.82, 2.24) is 25.3 Å². The zero-order chi connectivity index (χ0) is 19.8. The highest BCUT2D eigenvalue weighted by Gasteiger charge is 2.19. The van der Waals surface area contributed by atoms with Gasteiger partial charge in [-0.05, 0) is 44.8 Å². The Balaban J connectivity index is 1.44. The molecule has 2 aromatic rings. The van der Waals surface area contributed by atoms with Crippen molar-refractivity contribution in [2.75, 3.05) is 58.3 Å². The first kappa shape index (κ1) is 20.2. The van der Waals surface area contributed by atoms with Crippen molar-refractivity contribution in [3.05, 3.63) is 53.7 Å². The minimum absolute atomic E-state index is 0.162. The van der Waals surface area contributed by atoms with Crippen LogP contribution in [0.2, 0.25) is 0 Å². The SMILES string of the molecule is CN(C)CCCNC(=O)c1ccc(N2CCN(Cc3ccccc3)CC2)nn1. The summed E-state index contributed by atoms with van der Waals surface area (Å²) in [6, 6.07) is 14.2. The Labute approximate surface area is 167 Å². The number of carbonyl (C=O) groups is 1. The summed E-state index contributed by atoms with van der Waals surface area (Å²) in [5, 5.41) is 11.3. The summed E-state index contributed by atoms with van der Waals surface area (Å²) >= 11 is 0. The second kappa shape index (κ2) is 10.1. The normalized spacial score (nSPS) is 15.0. The molecule has 0 atom stereocenters. The topological polar surface area (TPSA) is 64.6 Å². The lowest BCUT2D eigenvalue weighted by molar-refractivity contribution is 0.0946. The first-order chi connectivity index (χ1) is 13.6. The van der Waals surface area contributed by atoms with Gasteiger partial charge in [-0.15, -0.1) is 10.2 Å². The summed E-state index contributed by atoms with van der Waals surface area (Å²) in [5.74, 6) is 0.675. The lowest BCUT2D eigenvalue weighted by atomic mass is 10.2. The second-order valence-electron chi connectivity index (χ2n) is 7.44. The molecule has 0 radical (unpaired) electrons. The molecule has 7 heteroatoms. The molecule has 3 rings (SSSR count). The van der Waals surface area contributed by atoms with E-state index < -0.39 is 0 Å². The summed E-state index contributed by atoms with van der Waals surface area (Å²) in [6.07, 6.45) is 0.914. The van der Waals surface area contributed by atoms with Gasteiger partial charge in [-0.2, -0.15) is 0 Å². The zero-order valence-electron chi connectivity index (χ0n) is 16.8. The average Bonchev–Trinajstić information content (AvgIpc) is 2.72. The molecule has 1 fully saturated rings. The van der Waals surface area contributed by atoms with E-state index in [4.69, 9.17) is 0 Å². The van der Waals surface area contributed by atoms with E-state index in [-0.39, 0.29) is 5.91 Å². The molecule has 1 N–H and O–H groups in total. The van der Waals surface area contributed by atoms with Gasteiger partial charge in [-0.3, -0.25) is 9.69 Å². The smallest absolute Gasteiger partial charge is 0.271 e. The lowest BCUT2D eigenvalue weighted by Crippen LogP contribution is -2.46. The maximum Gasteiger partial charge on any atom is 0.271 e. The third kappa shape index (κ3) is 6.00. The van der Waals surface area contributed by atoms with Crippen molar-refractivity contribution in [3.8, 4) is 0 Å². The van der Waals surface area contributed by atoms with Crippen LogP contribution in [0, 0.1) is 0 Å². The van der Waals surface area contributed by atoms with E-state index in [2.05, 4.69) is 54.5 Å². The highest BCUT2D eigenvalue weighted by atomic mass is 16.1. The summed E-state index contributed by atoms with van der Waals surface area (Å²) in [7, 11) is 4.04. The lowest BCUT2D eigenvalue weighted by Gasteiger charge is -2.35. The van der Waals surface area contributed by atoms with Crippen LogP contribution in [0.4, 0.5) is 5.82 Å². The largest absolute Gasteiger partial charge is 0.353 e. The summed E-state index contributed by atoms with van der Waals surface area (Å²) in [4.78, 5) is 18.9. The molecule has 150 valence electrons. The first-order valence-electron chi connectivity index (χ1n) is 9.90. The number of anilines is 1. The van der Waals surface area contributed by atoms with E-state index in [1.807, 2.05) is 26.2 Å². The first-order valence-corrected chi connectivity index (χ1v) is 9.90. The van der Waals surface area contributed by atoms with Crippen LogP contribution in [0.1, 0.15) is 22.5 Å². The van der Waals surface area contributed by atoms with E-state index in [0.717, 1.165) is 51.5 Å². The minimum atomic E-state index is -0.162. The van der Waals surface area contributed by atoms with Gasteiger partial charge in [0.15, 0.2) is 11.5 Å². The van der Waals surface area contributed by atoms with Gasteiger partial charge in [0.2, 0.25) is 0 Å². The van der Waals surface area contributed by atoms with Crippen LogP contribution in [-0.2, 0) is 6.54 Å². The third-order valence-corrected chi connectivity index (χ3v) is 4.90. The number of hydrogen-bond donors (Lipinski definition) is 1. The third-order valence-electron chi connectivity index (χ3n) is 4.90. The fourth-order valence-corrected chi connectivity index (χ4v) is 3.28. The second-order valence-corrected chi connectivity index (χ2v) is 7.44. The van der Waals surface area contributed by atoms with Crippen LogP contribution >= 0.6 is 0 Å². The molecule has 2 heterocycles. The highest BCUT2D eigenvalue weighted by molar-refractivity contribution is 5.92. The maximum atomic E-state index is 12.1. The molecule has 1 amide bonds. The van der Waals surface area contributed by atoms with Gasteiger partial charge in [0.05, 0.1) is 0 Å². The molecule has 0 saturated carbocycles. The quantitative estimate of drug-likeness (QED) is 0.698. The molecule has 1 saturated heterocycles. The van der Waals surface area contributed by atoms with Crippen molar-refractivity contribution < 1.29 is 4.79 Å². The van der Waals surface area contributed by atoms with Crippen LogP contribution in [-0.4, -0.2) is 79.3 Å². The van der Waals surface area contributed by atoms with Gasteiger partial charge >= 0.3 is 0 Å². The molecule has 7 nitrogen and oxygen atoms in total. The Morgan fingerprint density at radius 1 is 1.04 bits per heavy atom. The standard InChI is InChI=1S/C21H30N6O/c1-25(2)12-6-11-22-21(28)19-9-10-20(24-23-19)27-15-13-26(14-16-27)17-18-7-4-3-5-8-18/h3-5,7-10H,6,11-17H2,1-2H3,(H,22,28). The summed E-state index contributed by atoms with van der Waals surface area (Å²) < 4.78 is 0. The van der Waals surface area contributed by atoms with Gasteiger partial charge in [0.25, 0.3) is 5.91 Å². The predicted molar refractivity (Wildman–Crippen MR) is 111 cm³/mol. The van der Waals surface area contributed by atoms with E-state index in [1.165, 1.54) is 5.56 Å². The molecular formula is C21H30N6O. The molecule has 28 heavy (non-hydrogen) atoms. The fourth-order valence-electron chi connectivity index (χ4n) is 3.28. The molecule has 1 aliphatic rings. The number of carbonyl (C=O) groups excluding carboxylic acids is 1. The molecule has 0 aliphatic carbocycles. The summed E-state index contributed by atoms with van der Waals surface area (Å²) in [6.45, 7) is 6.38. The van der Waals surface area contributed by atoms with Crippen LogP contribution in [0.3, 0.4) is 0 Å². The molecule has 1 aromatic carbocycles. The van der Waals surface area contributed by atoms with Gasteiger partial charge in [0, 0.05) is 39.3 Å². The number of aromatic nitrogens is 2. The van der Waals surface area contributed by atoms with Crippen molar-refractivity contribution in [1.29, 1.82) is 0 Å². The average molecular weight is 383 g/mol. The van der Waals surface area contributed by atoms with Crippen molar-refractivity contribution in [3.63, 3.8) is 0 Å². The summed E-state index contributed by atoms with van der Waals surface area (Å²) in [5.41, 5.74) is 1.72. The van der Waals surface area contributed by atoms with E-state index in [9.17, 15) is 4.79 Å². The molecular weight excluding hydrogens is 352 g/mol. The number of hydrogen-bond acceptors (Lipinski definition) is 6. The van der Waals surface area contributed by atoms with Crippen molar-refractivity contribution >= 4 is 11.7 Å². The Morgan fingerprint density at radius 3 is 2.43 bits per heavy atom. The Kier molecular flexibility index (Phi) is 7.33. The van der Waals surface area contributed by atoms with Crippen molar-refractivity contribution in [2.45, 2.75) is 13.0 Å². The number of nitrogens with one attached hydrogen (secondary N) is 1. The van der Waals surface area contributed by atoms with Crippen LogP contribution < -0.4 is 10.2 Å². The molecule has 1 aromatic heterocycles. The number of amides is 1. The van der Waals surface area contributed by atoms with Gasteiger partial charge in [-0.25, -0.2) is 0 Å². The van der Waals surface area contributed by atoms with Crippen LogP contribution in [0.5, 0.6) is 0 Å². The highest BCUT2D eigenvalue weighted by Crippen LogP contribution is 2.14. The number of rotatable bonds is 8. The number of benzene rings is 1. The van der Waals surface area contributed by atoms with E-state index in [0.29, 0.717) is 12.2 Å². The monoisotopic (exact) mass is 382 g/mol. The van der Waals surface area contributed by atoms with Crippen molar-refractivity contribution in [2.24, 2.45) is 0 Å². The van der Waals surface area contributed by atoms with Gasteiger partial charge in [-0.1, -0.05) is 30.3 Å². The minimum Gasteiger partial charge on any atom is -0.353 e. The van der Waals surface area contributed by atoms with E-state index >= 15 is 0 Å². The Morgan fingerprint density at radius 2 is 1.79 bits per heavy atom. The molecule has 0 unspecified atom stereocenters. The van der Waals surface area contributed by atoms with Crippen LogP contribution in [0.25, 0.3) is 0 Å². The van der Waals surface area contributed by atoms with Gasteiger partial charge in [0.1, 0.15) is 0 Å². The molecule has 1 aliphatic heterocycles. The Hall–Kier alpha value is -2.51. The number of nitrogens with zero attached hydrogens (tertiary/aromatic N) is 5. The zero-order valence-corrected chi connectivity index (χ0v) is 16.8. The van der Waals surface area contributed by atoms with Gasteiger partial charge < -0.3 is 15.1 Å². The maximum absolute atomic E-state index is 12.1. The predicted octanol–water partition coefficient (Wildman–Crippen LogP) is 1.48.